The van der Waals surface area contributed by atoms with Gasteiger partial charge in [-0.25, -0.2) is 0 Å². The Kier molecular flexibility index (Phi) is 4.71. The number of thioether (sulfide) groups is 1. The molecule has 27 heavy (non-hydrogen) atoms. The molecule has 1 atom stereocenters. The van der Waals surface area contributed by atoms with E-state index in [1.807, 2.05) is 13.0 Å². The number of aromatic nitrogens is 3. The lowest BCUT2D eigenvalue weighted by atomic mass is 10.2. The van der Waals surface area contributed by atoms with Gasteiger partial charge in [0.05, 0.1) is 5.25 Å². The normalized spacial score (nSPS) is 13.6. The highest BCUT2D eigenvalue weighted by Gasteiger charge is 2.23. The van der Waals surface area contributed by atoms with Crippen LogP contribution >= 0.6 is 11.8 Å². The van der Waals surface area contributed by atoms with Crippen molar-refractivity contribution in [3.63, 3.8) is 0 Å². The first-order valence-electron chi connectivity index (χ1n) is 8.26. The molecule has 9 nitrogen and oxygen atoms in total. The summed E-state index contributed by atoms with van der Waals surface area (Å²) < 4.78 is 21.3. The number of hydrogen-bond acceptors (Lipinski definition) is 9. The molecule has 0 radical (unpaired) electrons. The first-order chi connectivity index (χ1) is 13.1. The van der Waals surface area contributed by atoms with Gasteiger partial charge in [0, 0.05) is 11.6 Å². The number of carbonyl (C=O) groups excluding carboxylic acids is 1. The summed E-state index contributed by atoms with van der Waals surface area (Å²) >= 11 is 1.20. The van der Waals surface area contributed by atoms with Crippen molar-refractivity contribution in [2.75, 3.05) is 12.1 Å². The van der Waals surface area contributed by atoms with E-state index in [4.69, 9.17) is 18.4 Å². The molecule has 140 valence electrons. The Morgan fingerprint density at radius 2 is 2.11 bits per heavy atom. The Morgan fingerprint density at radius 3 is 2.89 bits per heavy atom. The number of carbonyl (C=O) groups is 1. The average molecular weight is 388 g/mol. The summed E-state index contributed by atoms with van der Waals surface area (Å²) in [5, 5.41) is 14.5. The van der Waals surface area contributed by atoms with E-state index < -0.39 is 5.25 Å². The van der Waals surface area contributed by atoms with Gasteiger partial charge in [0.1, 0.15) is 5.76 Å². The molecule has 0 saturated carbocycles. The number of fused-ring (bicyclic) bond motifs is 1. The van der Waals surface area contributed by atoms with Crippen molar-refractivity contribution in [2.45, 2.75) is 30.7 Å². The Balaban J connectivity index is 1.45. The molecule has 1 amide bonds. The van der Waals surface area contributed by atoms with E-state index in [0.717, 1.165) is 0 Å². The average Bonchev–Trinajstić information content (AvgIpc) is 3.39. The number of anilines is 1. The fourth-order valence-electron chi connectivity index (χ4n) is 2.48. The smallest absolute Gasteiger partial charge is 0.277 e. The molecule has 0 spiro atoms. The van der Waals surface area contributed by atoms with Gasteiger partial charge >= 0.3 is 0 Å². The van der Waals surface area contributed by atoms with Crippen molar-refractivity contribution < 1.29 is 23.2 Å². The summed E-state index contributed by atoms with van der Waals surface area (Å²) in [6.45, 7) is 3.85. The summed E-state index contributed by atoms with van der Waals surface area (Å²) in [6, 6.07) is 7.03. The quantitative estimate of drug-likeness (QED) is 0.636. The van der Waals surface area contributed by atoms with Crippen LogP contribution < -0.4 is 14.8 Å². The van der Waals surface area contributed by atoms with Gasteiger partial charge in [-0.2, -0.15) is 0 Å². The molecule has 0 saturated heterocycles. The van der Waals surface area contributed by atoms with Crippen molar-refractivity contribution in [1.82, 2.24) is 15.4 Å². The third-order valence-electron chi connectivity index (χ3n) is 3.81. The molecule has 4 rings (SSSR count). The maximum Gasteiger partial charge on any atom is 0.277 e. The molecular formula is C17H16N4O5S. The van der Waals surface area contributed by atoms with Crippen molar-refractivity contribution in [3.05, 3.63) is 30.0 Å². The SMILES string of the molecule is CC[C@H](Sc1nnc(-c2ccc3c(c2)OCO3)o1)C(=O)Nc1cc(C)on1. The number of aryl methyl sites for hydroxylation is 1. The van der Waals surface area contributed by atoms with Crippen LogP contribution in [0.2, 0.25) is 0 Å². The van der Waals surface area contributed by atoms with Gasteiger partial charge < -0.3 is 23.7 Å². The largest absolute Gasteiger partial charge is 0.454 e. The zero-order valence-electron chi connectivity index (χ0n) is 14.6. The van der Waals surface area contributed by atoms with Crippen LogP contribution in [0, 0.1) is 6.92 Å². The van der Waals surface area contributed by atoms with Crippen LogP contribution in [0.25, 0.3) is 11.5 Å². The van der Waals surface area contributed by atoms with Crippen LogP contribution in [-0.2, 0) is 4.79 Å². The summed E-state index contributed by atoms with van der Waals surface area (Å²) in [5.41, 5.74) is 0.717. The van der Waals surface area contributed by atoms with Crippen LogP contribution in [0.5, 0.6) is 11.5 Å². The standard InChI is InChI=1S/C17H16N4O5S/c1-3-13(15(22)18-14-6-9(2)26-21-14)27-17-20-19-16(25-17)10-4-5-11-12(7-10)24-8-23-11/h4-7,13H,3,8H2,1-2H3,(H,18,21,22)/t13-/m0/s1. The van der Waals surface area contributed by atoms with Crippen molar-refractivity contribution in [3.8, 4) is 23.0 Å². The van der Waals surface area contributed by atoms with E-state index in [1.165, 1.54) is 11.8 Å². The topological polar surface area (TPSA) is 113 Å². The number of amides is 1. The highest BCUT2D eigenvalue weighted by Crippen LogP contribution is 2.36. The molecule has 3 aromatic rings. The third-order valence-corrected chi connectivity index (χ3v) is 5.01. The number of nitrogens with zero attached hydrogens (tertiary/aromatic N) is 3. The van der Waals surface area contributed by atoms with E-state index in [9.17, 15) is 4.79 Å². The number of hydrogen-bond donors (Lipinski definition) is 1. The first-order valence-corrected chi connectivity index (χ1v) is 9.14. The molecule has 3 heterocycles. The van der Waals surface area contributed by atoms with Gasteiger partial charge in [0.2, 0.25) is 18.6 Å². The maximum absolute atomic E-state index is 12.4. The van der Waals surface area contributed by atoms with Crippen molar-refractivity contribution in [1.29, 1.82) is 0 Å². The summed E-state index contributed by atoms with van der Waals surface area (Å²) in [4.78, 5) is 12.4. The fourth-order valence-corrected chi connectivity index (χ4v) is 3.27. The van der Waals surface area contributed by atoms with E-state index in [0.29, 0.717) is 46.2 Å². The van der Waals surface area contributed by atoms with Gasteiger partial charge in [-0.3, -0.25) is 4.79 Å². The maximum atomic E-state index is 12.4. The summed E-state index contributed by atoms with van der Waals surface area (Å²) in [6.07, 6.45) is 0.578. The molecule has 1 aromatic carbocycles. The minimum absolute atomic E-state index is 0.196. The lowest BCUT2D eigenvalue weighted by Gasteiger charge is -2.10. The van der Waals surface area contributed by atoms with Crippen LogP contribution in [0.1, 0.15) is 19.1 Å². The number of benzene rings is 1. The number of nitrogens with one attached hydrogen (secondary N) is 1. The number of rotatable bonds is 6. The van der Waals surface area contributed by atoms with Gasteiger partial charge in [0.25, 0.3) is 5.22 Å². The molecule has 0 unspecified atom stereocenters. The van der Waals surface area contributed by atoms with Gasteiger partial charge in [-0.1, -0.05) is 23.8 Å². The predicted molar refractivity (Wildman–Crippen MR) is 95.7 cm³/mol. The number of ether oxygens (including phenoxy) is 2. The van der Waals surface area contributed by atoms with Crippen molar-refractivity contribution >= 4 is 23.5 Å². The zero-order valence-corrected chi connectivity index (χ0v) is 15.4. The lowest BCUT2D eigenvalue weighted by molar-refractivity contribution is -0.115. The fraction of sp³-hybridized carbons (Fsp3) is 0.294. The van der Waals surface area contributed by atoms with Gasteiger partial charge in [0.15, 0.2) is 17.3 Å². The Labute approximate surface area is 158 Å². The summed E-state index contributed by atoms with van der Waals surface area (Å²) in [5.74, 6) is 2.45. The Bertz CT molecular complexity index is 970. The molecular weight excluding hydrogens is 372 g/mol. The predicted octanol–water partition coefficient (Wildman–Crippen LogP) is 3.27. The third kappa shape index (κ3) is 3.75. The van der Waals surface area contributed by atoms with Crippen molar-refractivity contribution in [2.24, 2.45) is 0 Å². The van der Waals surface area contributed by atoms with Crippen LogP contribution in [0.15, 0.2) is 38.4 Å². The highest BCUT2D eigenvalue weighted by molar-refractivity contribution is 8.00. The van der Waals surface area contributed by atoms with Gasteiger partial charge in [-0.05, 0) is 31.5 Å². The van der Waals surface area contributed by atoms with Crippen LogP contribution in [0.4, 0.5) is 5.82 Å². The Hall–Kier alpha value is -3.01. The second-order valence-electron chi connectivity index (χ2n) is 5.77. The molecule has 10 heteroatoms. The minimum atomic E-state index is -0.410. The molecule has 0 aliphatic carbocycles. The van der Waals surface area contributed by atoms with E-state index in [1.54, 1.807) is 25.1 Å². The molecule has 1 aliphatic rings. The Morgan fingerprint density at radius 1 is 1.26 bits per heavy atom. The zero-order chi connectivity index (χ0) is 18.8. The molecule has 2 aromatic heterocycles. The minimum Gasteiger partial charge on any atom is -0.454 e. The van der Waals surface area contributed by atoms with Gasteiger partial charge in [-0.15, -0.1) is 10.2 Å². The lowest BCUT2D eigenvalue weighted by Crippen LogP contribution is -2.24. The molecule has 0 bridgehead atoms. The second-order valence-corrected chi connectivity index (χ2v) is 6.92. The van der Waals surface area contributed by atoms with E-state index >= 15 is 0 Å². The van der Waals surface area contributed by atoms with E-state index in [-0.39, 0.29) is 12.7 Å². The second kappa shape index (κ2) is 7.31. The monoisotopic (exact) mass is 388 g/mol. The summed E-state index contributed by atoms with van der Waals surface area (Å²) in [7, 11) is 0. The molecule has 0 fully saturated rings. The van der Waals surface area contributed by atoms with Crippen LogP contribution in [-0.4, -0.2) is 33.3 Å². The van der Waals surface area contributed by atoms with Crippen LogP contribution in [0.3, 0.4) is 0 Å². The molecule has 1 aliphatic heterocycles. The van der Waals surface area contributed by atoms with E-state index in [2.05, 4.69) is 20.7 Å². The first kappa shape index (κ1) is 17.4. The highest BCUT2D eigenvalue weighted by atomic mass is 32.2. The molecule has 1 N–H and O–H groups in total.